The molecule has 0 saturated heterocycles. The van der Waals surface area contributed by atoms with Crippen molar-refractivity contribution in [2.24, 2.45) is 0 Å². The Bertz CT molecular complexity index is 2590. The maximum atomic E-state index is 2.67. The first-order valence-electron chi connectivity index (χ1n) is 21.7. The summed E-state index contributed by atoms with van der Waals surface area (Å²) in [6, 6.07) is 59.0. The molecule has 2 saturated carbocycles. The third-order valence-corrected chi connectivity index (χ3v) is 15.2. The van der Waals surface area contributed by atoms with Crippen molar-refractivity contribution >= 4 is 57.2 Å². The normalized spacial score (nSPS) is 18.4. The maximum Gasteiger partial charge on any atom is 0.252 e. The molecule has 13 rings (SSSR count). The van der Waals surface area contributed by atoms with Gasteiger partial charge in [0.05, 0.1) is 0 Å². The second-order valence-electron chi connectivity index (χ2n) is 17.8. The molecule has 7 aromatic rings. The summed E-state index contributed by atoms with van der Waals surface area (Å²) in [5.41, 5.74) is 24.1. The van der Waals surface area contributed by atoms with Crippen molar-refractivity contribution in [3.05, 3.63) is 174 Å². The molecule has 0 unspecified atom stereocenters. The van der Waals surface area contributed by atoms with Crippen molar-refractivity contribution in [2.45, 2.75) is 75.0 Å². The van der Waals surface area contributed by atoms with Gasteiger partial charge in [-0.3, -0.25) is 0 Å². The van der Waals surface area contributed by atoms with Crippen molar-refractivity contribution in [2.75, 3.05) is 9.80 Å². The van der Waals surface area contributed by atoms with Crippen LogP contribution in [0.15, 0.2) is 152 Å². The van der Waals surface area contributed by atoms with Gasteiger partial charge in [0, 0.05) is 45.0 Å². The molecule has 0 amide bonds. The smallest absolute Gasteiger partial charge is 0.252 e. The van der Waals surface area contributed by atoms with Crippen LogP contribution >= 0.6 is 0 Å². The lowest BCUT2D eigenvalue weighted by Crippen LogP contribution is -2.61. The van der Waals surface area contributed by atoms with Gasteiger partial charge in [0.1, 0.15) is 0 Å². The zero-order chi connectivity index (χ0) is 37.3. The Kier molecular flexibility index (Phi) is 6.73. The van der Waals surface area contributed by atoms with Gasteiger partial charge in [-0.1, -0.05) is 142 Å². The van der Waals surface area contributed by atoms with Crippen LogP contribution in [0.3, 0.4) is 0 Å². The van der Waals surface area contributed by atoms with Gasteiger partial charge >= 0.3 is 0 Å². The Morgan fingerprint density at radius 3 is 1.23 bits per heavy atom. The van der Waals surface area contributed by atoms with Crippen LogP contribution in [0.4, 0.5) is 34.1 Å². The van der Waals surface area contributed by atoms with E-state index in [1.807, 2.05) is 0 Å². The lowest BCUT2D eigenvalue weighted by atomic mass is 9.33. The molecular weight excluding hydrogens is 687 g/mol. The lowest BCUT2D eigenvalue weighted by Gasteiger charge is -2.45. The quantitative estimate of drug-likeness (QED) is 0.163. The first-order valence-corrected chi connectivity index (χ1v) is 21.7. The van der Waals surface area contributed by atoms with E-state index in [1.54, 1.807) is 22.3 Å². The molecular formula is C54H45BN2. The third-order valence-electron chi connectivity index (χ3n) is 15.2. The van der Waals surface area contributed by atoms with Crippen LogP contribution in [0.25, 0.3) is 22.3 Å². The van der Waals surface area contributed by atoms with Crippen molar-refractivity contribution < 1.29 is 0 Å². The van der Waals surface area contributed by atoms with E-state index < -0.39 is 0 Å². The number of benzene rings is 7. The molecule has 0 aromatic heterocycles. The monoisotopic (exact) mass is 732 g/mol. The van der Waals surface area contributed by atoms with E-state index in [0.717, 1.165) is 0 Å². The molecule has 57 heavy (non-hydrogen) atoms. The van der Waals surface area contributed by atoms with Gasteiger partial charge in [-0.2, -0.15) is 0 Å². The van der Waals surface area contributed by atoms with Crippen LogP contribution in [-0.2, 0) is 10.8 Å². The molecule has 6 aliphatic rings. The van der Waals surface area contributed by atoms with E-state index in [4.69, 9.17) is 0 Å². The molecule has 2 aliphatic heterocycles. The SMILES string of the molecule is c1ccc(N2c3cc4c(cc3B3c5cc6c(cc5N(c5ccccc5)c5cccc2c53)C2(CCCCC2)c2ccccc2-6)-c2ccccc2C42CCCCC2)cc1. The highest BCUT2D eigenvalue weighted by Gasteiger charge is 2.50. The largest absolute Gasteiger partial charge is 0.311 e. The topological polar surface area (TPSA) is 6.48 Å². The molecule has 0 radical (unpaired) electrons. The van der Waals surface area contributed by atoms with Crippen LogP contribution < -0.4 is 26.2 Å². The van der Waals surface area contributed by atoms with Crippen LogP contribution in [-0.4, -0.2) is 6.71 Å². The second kappa shape index (κ2) is 11.9. The highest BCUT2D eigenvalue weighted by Crippen LogP contribution is 2.59. The zero-order valence-electron chi connectivity index (χ0n) is 32.5. The fourth-order valence-corrected chi connectivity index (χ4v) is 12.9. The van der Waals surface area contributed by atoms with E-state index >= 15 is 0 Å². The summed E-state index contributed by atoms with van der Waals surface area (Å²) in [5.74, 6) is 0. The predicted octanol–water partition coefficient (Wildman–Crippen LogP) is 12.2. The Labute approximate surface area is 336 Å². The van der Waals surface area contributed by atoms with Crippen LogP contribution in [0.5, 0.6) is 0 Å². The molecule has 7 aromatic carbocycles. The molecule has 0 atom stereocenters. The fraction of sp³-hybridized carbons (Fsp3) is 0.222. The van der Waals surface area contributed by atoms with Crippen molar-refractivity contribution in [1.82, 2.24) is 0 Å². The minimum Gasteiger partial charge on any atom is -0.311 e. The van der Waals surface area contributed by atoms with E-state index in [-0.39, 0.29) is 17.5 Å². The molecule has 3 heteroatoms. The van der Waals surface area contributed by atoms with Crippen LogP contribution in [0.2, 0.25) is 0 Å². The summed E-state index contributed by atoms with van der Waals surface area (Å²) in [6.07, 6.45) is 12.8. The summed E-state index contributed by atoms with van der Waals surface area (Å²) in [7, 11) is 0. The number of fused-ring (bicyclic) bond motifs is 14. The molecule has 2 heterocycles. The van der Waals surface area contributed by atoms with Crippen LogP contribution in [0.1, 0.15) is 86.5 Å². The van der Waals surface area contributed by atoms with Gasteiger partial charge < -0.3 is 9.80 Å². The van der Waals surface area contributed by atoms with Gasteiger partial charge in [-0.05, 0) is 135 Å². The standard InChI is InChI=1S/C54H45BN2/c1-5-18-36(19-6-1)56-48-26-17-27-49-52(48)55(46-32-40-38-22-9-11-24-42(38)53(28-13-3-14-29-53)44(40)34-50(46)56)47-33-41-39-23-10-12-25-43(39)54(30-15-4-16-31-54)45(41)35-51(47)57(49)37-20-7-2-8-21-37/h1-2,5-12,17-27,32-35H,3-4,13-16,28-31H2. The first kappa shape index (κ1) is 32.3. The number of hydrogen-bond acceptors (Lipinski definition) is 2. The average molecular weight is 733 g/mol. The van der Waals surface area contributed by atoms with Gasteiger partial charge in [0.2, 0.25) is 0 Å². The van der Waals surface area contributed by atoms with Crippen molar-refractivity contribution in [3.63, 3.8) is 0 Å². The predicted molar refractivity (Wildman–Crippen MR) is 239 cm³/mol. The van der Waals surface area contributed by atoms with Crippen LogP contribution in [0, 0.1) is 0 Å². The van der Waals surface area contributed by atoms with E-state index in [0.29, 0.717) is 0 Å². The number of hydrogen-bond donors (Lipinski definition) is 0. The highest BCUT2D eigenvalue weighted by molar-refractivity contribution is 7.00. The van der Waals surface area contributed by atoms with Gasteiger partial charge in [0.15, 0.2) is 0 Å². The number of rotatable bonds is 2. The Morgan fingerprint density at radius 2 is 0.772 bits per heavy atom. The van der Waals surface area contributed by atoms with Gasteiger partial charge in [-0.25, -0.2) is 0 Å². The molecule has 2 fully saturated rings. The number of para-hydroxylation sites is 2. The molecule has 274 valence electrons. The number of anilines is 6. The summed E-state index contributed by atoms with van der Waals surface area (Å²) in [6.45, 7) is 0.0851. The fourth-order valence-electron chi connectivity index (χ4n) is 12.9. The van der Waals surface area contributed by atoms with Crippen molar-refractivity contribution in [3.8, 4) is 22.3 Å². The summed E-state index contributed by atoms with van der Waals surface area (Å²) < 4.78 is 0. The first-order chi connectivity index (χ1) is 28.3. The third kappa shape index (κ3) is 4.22. The second-order valence-corrected chi connectivity index (χ2v) is 17.8. The average Bonchev–Trinajstić information content (AvgIpc) is 3.68. The van der Waals surface area contributed by atoms with Crippen molar-refractivity contribution in [1.29, 1.82) is 0 Å². The summed E-state index contributed by atoms with van der Waals surface area (Å²) in [5, 5.41) is 0. The molecule has 2 nitrogen and oxygen atoms in total. The van der Waals surface area contributed by atoms with E-state index in [1.165, 1.54) is 137 Å². The Morgan fingerprint density at radius 1 is 0.351 bits per heavy atom. The number of nitrogens with zero attached hydrogens (tertiary/aromatic N) is 2. The minimum absolute atomic E-state index is 0.0805. The minimum atomic E-state index is 0.0805. The molecule has 0 bridgehead atoms. The zero-order valence-corrected chi connectivity index (χ0v) is 32.5. The van der Waals surface area contributed by atoms with Gasteiger partial charge in [0.25, 0.3) is 6.71 Å². The summed E-state index contributed by atoms with van der Waals surface area (Å²) in [4.78, 5) is 5.22. The molecule has 2 spiro atoms. The molecule has 4 aliphatic carbocycles. The lowest BCUT2D eigenvalue weighted by molar-refractivity contribution is 0.353. The Balaban J connectivity index is 1.14. The highest BCUT2D eigenvalue weighted by atomic mass is 15.2. The van der Waals surface area contributed by atoms with E-state index in [2.05, 4.69) is 161 Å². The van der Waals surface area contributed by atoms with Gasteiger partial charge in [-0.15, -0.1) is 0 Å². The summed E-state index contributed by atoms with van der Waals surface area (Å²) >= 11 is 0. The maximum absolute atomic E-state index is 2.67. The molecule has 0 N–H and O–H groups in total. The van der Waals surface area contributed by atoms with E-state index in [9.17, 15) is 0 Å². The Hall–Kier alpha value is -5.80.